The van der Waals surface area contributed by atoms with Crippen molar-refractivity contribution in [1.29, 1.82) is 0 Å². The molecule has 0 aliphatic carbocycles. The van der Waals surface area contributed by atoms with E-state index in [0.29, 0.717) is 25.5 Å². The Bertz CT molecular complexity index is 818. The van der Waals surface area contributed by atoms with Gasteiger partial charge < -0.3 is 20.5 Å². The Morgan fingerprint density at radius 3 is 2.35 bits per heavy atom. The van der Waals surface area contributed by atoms with E-state index in [1.54, 1.807) is 31.2 Å². The molecular formula is C25H34N2O4. The number of likely N-dealkylation sites (tertiary alicyclic amines) is 1. The van der Waals surface area contributed by atoms with Crippen molar-refractivity contribution >= 4 is 11.6 Å². The van der Waals surface area contributed by atoms with Gasteiger partial charge in [0.1, 0.15) is 17.3 Å². The summed E-state index contributed by atoms with van der Waals surface area (Å²) in [5, 5.41) is 8.91. The molecule has 1 heterocycles. The zero-order valence-corrected chi connectivity index (χ0v) is 18.5. The molecule has 0 unspecified atom stereocenters. The van der Waals surface area contributed by atoms with E-state index in [-0.39, 0.29) is 17.3 Å². The number of hydrogen-bond donors (Lipinski definition) is 2. The molecule has 1 atom stereocenters. The second-order valence-electron chi connectivity index (χ2n) is 7.90. The second-order valence-corrected chi connectivity index (χ2v) is 7.90. The van der Waals surface area contributed by atoms with Crippen LogP contribution in [0.1, 0.15) is 49.0 Å². The lowest BCUT2D eigenvalue weighted by atomic mass is 10.1. The summed E-state index contributed by atoms with van der Waals surface area (Å²) >= 11 is 0. The molecule has 1 aliphatic heterocycles. The molecule has 3 rings (SSSR count). The monoisotopic (exact) mass is 426 g/mol. The highest BCUT2D eigenvalue weighted by atomic mass is 16.5. The molecular weight excluding hydrogens is 392 g/mol. The van der Waals surface area contributed by atoms with Crippen molar-refractivity contribution < 1.29 is 19.4 Å². The summed E-state index contributed by atoms with van der Waals surface area (Å²) in [4.78, 5) is 24.5. The zero-order chi connectivity index (χ0) is 22.6. The van der Waals surface area contributed by atoms with Crippen molar-refractivity contribution in [3.8, 4) is 11.5 Å². The highest BCUT2D eigenvalue weighted by Gasteiger charge is 2.17. The Morgan fingerprint density at radius 1 is 1.13 bits per heavy atom. The SMILES string of the molecule is CC(=O)Cc1ccc(O)cc1.CCC(=O)c1ccc(OCCCN2CC[C@@H](N)C2)cc1. The first kappa shape index (κ1) is 24.6. The molecule has 2 aromatic carbocycles. The van der Waals surface area contributed by atoms with Crippen LogP contribution < -0.4 is 10.5 Å². The summed E-state index contributed by atoms with van der Waals surface area (Å²) in [6.07, 6.45) is 3.09. The number of benzene rings is 2. The number of aromatic hydroxyl groups is 1. The van der Waals surface area contributed by atoms with Crippen LogP contribution in [0, 0.1) is 0 Å². The van der Waals surface area contributed by atoms with Gasteiger partial charge in [-0.1, -0.05) is 19.1 Å². The van der Waals surface area contributed by atoms with Gasteiger partial charge in [0.2, 0.25) is 0 Å². The average Bonchev–Trinajstić information content (AvgIpc) is 3.18. The Morgan fingerprint density at radius 2 is 1.81 bits per heavy atom. The minimum Gasteiger partial charge on any atom is -0.508 e. The van der Waals surface area contributed by atoms with E-state index in [0.717, 1.165) is 49.4 Å². The fourth-order valence-electron chi connectivity index (χ4n) is 3.39. The van der Waals surface area contributed by atoms with Gasteiger partial charge in [0.15, 0.2) is 5.78 Å². The van der Waals surface area contributed by atoms with Gasteiger partial charge >= 0.3 is 0 Å². The third-order valence-corrected chi connectivity index (χ3v) is 5.08. The lowest BCUT2D eigenvalue weighted by Crippen LogP contribution is -2.28. The molecule has 2 aromatic rings. The number of carbonyl (C=O) groups excluding carboxylic acids is 2. The van der Waals surface area contributed by atoms with Gasteiger partial charge in [0.25, 0.3) is 0 Å². The van der Waals surface area contributed by atoms with Crippen LogP contribution in [0.3, 0.4) is 0 Å². The third-order valence-electron chi connectivity index (χ3n) is 5.08. The molecule has 0 radical (unpaired) electrons. The normalized spacial score (nSPS) is 15.8. The van der Waals surface area contributed by atoms with E-state index in [9.17, 15) is 9.59 Å². The number of rotatable bonds is 9. The fraction of sp³-hybridized carbons (Fsp3) is 0.440. The Labute approximate surface area is 185 Å². The van der Waals surface area contributed by atoms with E-state index in [1.165, 1.54) is 0 Å². The van der Waals surface area contributed by atoms with Crippen molar-refractivity contribution in [2.24, 2.45) is 5.73 Å². The standard InChI is InChI=1S/C16H24N2O2.C9H10O2/c1-2-16(19)13-4-6-15(7-5-13)20-11-3-9-18-10-8-14(17)12-18;1-7(10)6-8-2-4-9(11)5-3-8/h4-7,14H,2-3,8-12,17H2,1H3;2-5,11H,6H2,1H3/t14-;/m1./s1. The molecule has 168 valence electrons. The molecule has 31 heavy (non-hydrogen) atoms. The Hall–Kier alpha value is -2.70. The van der Waals surface area contributed by atoms with E-state index >= 15 is 0 Å². The molecule has 1 aliphatic rings. The first-order valence-electron chi connectivity index (χ1n) is 10.9. The molecule has 0 bridgehead atoms. The quantitative estimate of drug-likeness (QED) is 0.470. The lowest BCUT2D eigenvalue weighted by molar-refractivity contribution is -0.116. The average molecular weight is 427 g/mol. The maximum Gasteiger partial charge on any atom is 0.162 e. The lowest BCUT2D eigenvalue weighted by Gasteiger charge is -2.15. The van der Waals surface area contributed by atoms with E-state index in [4.69, 9.17) is 15.6 Å². The highest BCUT2D eigenvalue weighted by molar-refractivity contribution is 5.95. The zero-order valence-electron chi connectivity index (χ0n) is 18.5. The Balaban J connectivity index is 0.000000262. The number of ketones is 2. The van der Waals surface area contributed by atoms with Gasteiger partial charge in [-0.05, 0) is 68.3 Å². The first-order chi connectivity index (χ1) is 14.9. The van der Waals surface area contributed by atoms with Crippen LogP contribution in [0.15, 0.2) is 48.5 Å². The predicted molar refractivity (Wildman–Crippen MR) is 123 cm³/mol. The van der Waals surface area contributed by atoms with Crippen LogP contribution in [0.2, 0.25) is 0 Å². The largest absolute Gasteiger partial charge is 0.508 e. The molecule has 6 heteroatoms. The number of carbonyl (C=O) groups is 2. The maximum atomic E-state index is 11.5. The smallest absolute Gasteiger partial charge is 0.162 e. The van der Waals surface area contributed by atoms with Crippen LogP contribution >= 0.6 is 0 Å². The van der Waals surface area contributed by atoms with E-state index in [2.05, 4.69) is 4.90 Å². The summed E-state index contributed by atoms with van der Waals surface area (Å²) in [7, 11) is 0. The van der Waals surface area contributed by atoms with Crippen LogP contribution in [0.25, 0.3) is 0 Å². The van der Waals surface area contributed by atoms with Gasteiger partial charge in [0.05, 0.1) is 6.61 Å². The molecule has 0 spiro atoms. The van der Waals surface area contributed by atoms with E-state index < -0.39 is 0 Å². The molecule has 0 amide bonds. The summed E-state index contributed by atoms with van der Waals surface area (Å²) in [6.45, 7) is 7.28. The summed E-state index contributed by atoms with van der Waals surface area (Å²) in [5.41, 5.74) is 7.57. The number of nitrogens with zero attached hydrogens (tertiary/aromatic N) is 1. The van der Waals surface area contributed by atoms with Gasteiger partial charge in [-0.15, -0.1) is 0 Å². The van der Waals surface area contributed by atoms with Crippen molar-refractivity contribution in [2.75, 3.05) is 26.2 Å². The number of phenolic OH excluding ortho intramolecular Hbond substituents is 1. The number of Topliss-reactive ketones (excluding diaryl/α,β-unsaturated/α-hetero) is 2. The van der Waals surface area contributed by atoms with Crippen molar-refractivity contribution in [3.63, 3.8) is 0 Å². The van der Waals surface area contributed by atoms with Crippen LogP contribution in [-0.2, 0) is 11.2 Å². The number of hydrogen-bond acceptors (Lipinski definition) is 6. The van der Waals surface area contributed by atoms with Gasteiger partial charge in [-0.2, -0.15) is 0 Å². The van der Waals surface area contributed by atoms with Crippen LogP contribution in [0.5, 0.6) is 11.5 Å². The predicted octanol–water partition coefficient (Wildman–Crippen LogP) is 3.60. The summed E-state index contributed by atoms with van der Waals surface area (Å²) in [6, 6.07) is 14.4. The van der Waals surface area contributed by atoms with Crippen molar-refractivity contribution in [2.45, 2.75) is 45.6 Å². The van der Waals surface area contributed by atoms with E-state index in [1.807, 2.05) is 31.2 Å². The number of ether oxygens (including phenoxy) is 1. The van der Waals surface area contributed by atoms with Crippen LogP contribution in [-0.4, -0.2) is 53.9 Å². The molecule has 1 saturated heterocycles. The minimum absolute atomic E-state index is 0.135. The molecule has 3 N–H and O–H groups in total. The van der Waals surface area contributed by atoms with Gasteiger partial charge in [0, 0.05) is 37.5 Å². The highest BCUT2D eigenvalue weighted by Crippen LogP contribution is 2.14. The van der Waals surface area contributed by atoms with Crippen molar-refractivity contribution in [3.05, 3.63) is 59.7 Å². The molecule has 1 fully saturated rings. The van der Waals surface area contributed by atoms with Crippen molar-refractivity contribution in [1.82, 2.24) is 4.90 Å². The number of phenols is 1. The third kappa shape index (κ3) is 9.32. The summed E-state index contributed by atoms with van der Waals surface area (Å²) in [5.74, 6) is 1.37. The van der Waals surface area contributed by atoms with Gasteiger partial charge in [-0.3, -0.25) is 9.59 Å². The molecule has 0 saturated carbocycles. The number of nitrogens with two attached hydrogens (primary N) is 1. The molecule has 6 nitrogen and oxygen atoms in total. The second kappa shape index (κ2) is 12.9. The molecule has 0 aromatic heterocycles. The maximum absolute atomic E-state index is 11.5. The summed E-state index contributed by atoms with van der Waals surface area (Å²) < 4.78 is 5.69. The van der Waals surface area contributed by atoms with Gasteiger partial charge in [-0.25, -0.2) is 0 Å². The topological polar surface area (TPSA) is 92.9 Å². The Kier molecular flexibility index (Phi) is 10.2. The fourth-order valence-corrected chi connectivity index (χ4v) is 3.39. The minimum atomic E-state index is 0.135. The first-order valence-corrected chi connectivity index (χ1v) is 10.9. The van der Waals surface area contributed by atoms with Crippen LogP contribution in [0.4, 0.5) is 0 Å².